The number of thiazole rings is 1. The monoisotopic (exact) mass is 442 g/mol. The Morgan fingerprint density at radius 1 is 1.21 bits per heavy atom. The SMILES string of the molecule is CCOc1ccccc1NC(=O)CSc1nnc(-c2cccs2)c2sc(C)nc12. The first-order chi connectivity index (χ1) is 14.2. The van der Waals surface area contributed by atoms with Gasteiger partial charge >= 0.3 is 0 Å². The fraction of sp³-hybridized carbons (Fsp3) is 0.200. The fourth-order valence-electron chi connectivity index (χ4n) is 2.76. The van der Waals surface area contributed by atoms with Gasteiger partial charge in [-0.15, -0.1) is 32.9 Å². The number of aryl methyl sites for hydroxylation is 1. The Morgan fingerprint density at radius 3 is 2.86 bits per heavy atom. The predicted molar refractivity (Wildman–Crippen MR) is 120 cm³/mol. The van der Waals surface area contributed by atoms with Crippen LogP contribution in [0.25, 0.3) is 20.8 Å². The lowest BCUT2D eigenvalue weighted by molar-refractivity contribution is -0.113. The van der Waals surface area contributed by atoms with E-state index in [-0.39, 0.29) is 11.7 Å². The molecule has 148 valence electrons. The number of hydrogen-bond donors (Lipinski definition) is 1. The lowest BCUT2D eigenvalue weighted by Gasteiger charge is -2.11. The Balaban J connectivity index is 1.52. The van der Waals surface area contributed by atoms with E-state index in [1.54, 1.807) is 22.7 Å². The molecule has 0 aliphatic rings. The van der Waals surface area contributed by atoms with Gasteiger partial charge in [-0.2, -0.15) is 0 Å². The van der Waals surface area contributed by atoms with Crippen LogP contribution in [-0.4, -0.2) is 33.4 Å². The lowest BCUT2D eigenvalue weighted by Crippen LogP contribution is -2.15. The Kier molecular flexibility index (Phi) is 6.08. The van der Waals surface area contributed by atoms with Crippen LogP contribution in [0.15, 0.2) is 46.8 Å². The number of para-hydroxylation sites is 2. The number of anilines is 1. The highest BCUT2D eigenvalue weighted by Gasteiger charge is 2.17. The van der Waals surface area contributed by atoms with E-state index >= 15 is 0 Å². The third kappa shape index (κ3) is 4.42. The van der Waals surface area contributed by atoms with Crippen LogP contribution in [-0.2, 0) is 4.79 Å². The zero-order chi connectivity index (χ0) is 20.2. The first kappa shape index (κ1) is 19.8. The van der Waals surface area contributed by atoms with Crippen molar-refractivity contribution in [2.75, 3.05) is 17.7 Å². The molecule has 9 heteroatoms. The third-order valence-electron chi connectivity index (χ3n) is 3.95. The Morgan fingerprint density at radius 2 is 2.07 bits per heavy atom. The van der Waals surface area contributed by atoms with Gasteiger partial charge < -0.3 is 10.1 Å². The van der Waals surface area contributed by atoms with E-state index in [2.05, 4.69) is 20.5 Å². The molecule has 29 heavy (non-hydrogen) atoms. The number of nitrogens with zero attached hydrogens (tertiary/aromatic N) is 3. The van der Waals surface area contributed by atoms with Crippen LogP contribution in [0.5, 0.6) is 5.75 Å². The summed E-state index contributed by atoms with van der Waals surface area (Å²) in [6, 6.07) is 11.4. The van der Waals surface area contributed by atoms with E-state index < -0.39 is 0 Å². The van der Waals surface area contributed by atoms with Crippen molar-refractivity contribution in [2.24, 2.45) is 0 Å². The van der Waals surface area contributed by atoms with Crippen molar-refractivity contribution in [3.63, 3.8) is 0 Å². The molecule has 4 rings (SSSR count). The van der Waals surface area contributed by atoms with Crippen molar-refractivity contribution in [1.29, 1.82) is 0 Å². The molecule has 0 fully saturated rings. The van der Waals surface area contributed by atoms with Gasteiger partial charge in [-0.1, -0.05) is 30.0 Å². The van der Waals surface area contributed by atoms with Crippen molar-refractivity contribution in [3.8, 4) is 16.3 Å². The highest BCUT2D eigenvalue weighted by molar-refractivity contribution is 8.00. The molecule has 3 heterocycles. The standard InChI is InChI=1S/C20H18N4O2S3/c1-3-26-14-8-5-4-7-13(14)22-16(25)11-28-20-18-19(29-12(2)21-18)17(23-24-20)15-9-6-10-27-15/h4-10H,3,11H2,1-2H3,(H,22,25). The third-order valence-corrected chi connectivity index (χ3v) is 6.76. The van der Waals surface area contributed by atoms with Crippen molar-refractivity contribution in [2.45, 2.75) is 18.9 Å². The molecule has 1 N–H and O–H groups in total. The number of fused-ring (bicyclic) bond motifs is 1. The second-order valence-corrected chi connectivity index (χ2v) is 9.12. The number of aromatic nitrogens is 3. The highest BCUT2D eigenvalue weighted by atomic mass is 32.2. The number of ether oxygens (including phenoxy) is 1. The molecule has 0 unspecified atom stereocenters. The number of carbonyl (C=O) groups is 1. The van der Waals surface area contributed by atoms with Crippen LogP contribution in [0, 0.1) is 6.92 Å². The van der Waals surface area contributed by atoms with Gasteiger partial charge in [0.2, 0.25) is 5.91 Å². The van der Waals surface area contributed by atoms with E-state index in [9.17, 15) is 4.79 Å². The van der Waals surface area contributed by atoms with E-state index in [0.717, 1.165) is 25.8 Å². The molecule has 0 atom stereocenters. The molecule has 1 amide bonds. The van der Waals surface area contributed by atoms with Crippen LogP contribution >= 0.6 is 34.4 Å². The molecule has 0 aliphatic carbocycles. The molecule has 0 aliphatic heterocycles. The maximum Gasteiger partial charge on any atom is 0.234 e. The summed E-state index contributed by atoms with van der Waals surface area (Å²) in [5.74, 6) is 0.733. The summed E-state index contributed by atoms with van der Waals surface area (Å²) < 4.78 is 6.56. The van der Waals surface area contributed by atoms with Crippen LogP contribution in [0.1, 0.15) is 11.9 Å². The quantitative estimate of drug-likeness (QED) is 0.394. The predicted octanol–water partition coefficient (Wildman–Crippen LogP) is 5.25. The molecule has 4 aromatic rings. The second-order valence-electron chi connectivity index (χ2n) is 6.01. The average Bonchev–Trinajstić information content (AvgIpc) is 3.37. The number of benzene rings is 1. The number of thiophene rings is 1. The summed E-state index contributed by atoms with van der Waals surface area (Å²) in [6.45, 7) is 4.41. The van der Waals surface area contributed by atoms with Crippen LogP contribution < -0.4 is 10.1 Å². The lowest BCUT2D eigenvalue weighted by atomic mass is 10.3. The molecule has 0 saturated heterocycles. The first-order valence-corrected chi connectivity index (χ1v) is 11.7. The summed E-state index contributed by atoms with van der Waals surface area (Å²) in [7, 11) is 0. The van der Waals surface area contributed by atoms with E-state index in [1.165, 1.54) is 11.8 Å². The van der Waals surface area contributed by atoms with Gasteiger partial charge in [0.15, 0.2) is 0 Å². The first-order valence-electron chi connectivity index (χ1n) is 8.98. The van der Waals surface area contributed by atoms with Gasteiger partial charge in [0, 0.05) is 0 Å². The van der Waals surface area contributed by atoms with Crippen LogP contribution in [0.2, 0.25) is 0 Å². The number of amides is 1. The summed E-state index contributed by atoms with van der Waals surface area (Å²) >= 11 is 4.56. The molecular formula is C20H18N4O2S3. The smallest absolute Gasteiger partial charge is 0.234 e. The van der Waals surface area contributed by atoms with E-state index in [1.807, 2.05) is 55.6 Å². The summed E-state index contributed by atoms with van der Waals surface area (Å²) in [5, 5.41) is 15.3. The van der Waals surface area contributed by atoms with Gasteiger partial charge in [-0.25, -0.2) is 4.98 Å². The zero-order valence-corrected chi connectivity index (χ0v) is 18.3. The second kappa shape index (κ2) is 8.89. The molecule has 1 aromatic carbocycles. The van der Waals surface area contributed by atoms with Crippen molar-refractivity contribution >= 4 is 56.2 Å². The largest absolute Gasteiger partial charge is 0.492 e. The molecule has 0 bridgehead atoms. The summed E-state index contributed by atoms with van der Waals surface area (Å²) in [4.78, 5) is 18.2. The Labute approximate surface area is 180 Å². The van der Waals surface area contributed by atoms with Gasteiger partial charge in [0.25, 0.3) is 0 Å². The van der Waals surface area contributed by atoms with Gasteiger partial charge in [-0.05, 0) is 37.4 Å². The van der Waals surface area contributed by atoms with E-state index in [0.29, 0.717) is 23.1 Å². The minimum Gasteiger partial charge on any atom is -0.492 e. The fourth-order valence-corrected chi connectivity index (χ4v) is 5.25. The topological polar surface area (TPSA) is 77.0 Å². The van der Waals surface area contributed by atoms with Gasteiger partial charge in [0.05, 0.1) is 32.6 Å². The minimum atomic E-state index is -0.133. The van der Waals surface area contributed by atoms with Crippen LogP contribution in [0.4, 0.5) is 5.69 Å². The maximum atomic E-state index is 12.5. The molecule has 0 saturated carbocycles. The summed E-state index contributed by atoms with van der Waals surface area (Å²) in [6.07, 6.45) is 0. The molecular weight excluding hydrogens is 424 g/mol. The molecule has 0 radical (unpaired) electrons. The van der Waals surface area contributed by atoms with Crippen LogP contribution in [0.3, 0.4) is 0 Å². The number of hydrogen-bond acceptors (Lipinski definition) is 8. The zero-order valence-electron chi connectivity index (χ0n) is 15.8. The van der Waals surface area contributed by atoms with Crippen molar-refractivity contribution in [1.82, 2.24) is 15.2 Å². The van der Waals surface area contributed by atoms with Crippen molar-refractivity contribution in [3.05, 3.63) is 46.8 Å². The molecule has 0 spiro atoms. The number of thioether (sulfide) groups is 1. The Bertz CT molecular complexity index is 1140. The van der Waals surface area contributed by atoms with Gasteiger partial charge in [-0.3, -0.25) is 4.79 Å². The maximum absolute atomic E-state index is 12.5. The summed E-state index contributed by atoms with van der Waals surface area (Å²) in [5.41, 5.74) is 2.31. The van der Waals surface area contributed by atoms with E-state index in [4.69, 9.17) is 4.74 Å². The number of rotatable bonds is 7. The molecule has 6 nitrogen and oxygen atoms in total. The van der Waals surface area contributed by atoms with Crippen molar-refractivity contribution < 1.29 is 9.53 Å². The average molecular weight is 443 g/mol. The Hall–Kier alpha value is -2.49. The van der Waals surface area contributed by atoms with Gasteiger partial charge in [0.1, 0.15) is 22.0 Å². The normalized spacial score (nSPS) is 11.0. The number of nitrogens with one attached hydrogen (secondary N) is 1. The highest BCUT2D eigenvalue weighted by Crippen LogP contribution is 2.36. The minimum absolute atomic E-state index is 0.133. The molecule has 3 aromatic heterocycles. The number of carbonyl (C=O) groups excluding carboxylic acids is 1.